The first-order valence-corrected chi connectivity index (χ1v) is 11.0. The van der Waals surface area contributed by atoms with Crippen LogP contribution >= 0.6 is 0 Å². The highest BCUT2D eigenvalue weighted by atomic mass is 16.3. The number of aryl methyl sites for hydroxylation is 1. The molecule has 0 spiro atoms. The van der Waals surface area contributed by atoms with Crippen LogP contribution in [0.2, 0.25) is 0 Å². The van der Waals surface area contributed by atoms with Crippen LogP contribution in [0, 0.1) is 0 Å². The van der Waals surface area contributed by atoms with E-state index in [1.807, 2.05) is 12.1 Å². The van der Waals surface area contributed by atoms with Gasteiger partial charge in [-0.25, -0.2) is 4.79 Å². The number of aromatic nitrogens is 4. The molecule has 0 unspecified atom stereocenters. The van der Waals surface area contributed by atoms with E-state index in [0.717, 1.165) is 21.3 Å². The molecule has 0 fully saturated rings. The average molecular weight is 448 g/mol. The predicted octanol–water partition coefficient (Wildman–Crippen LogP) is 2.68. The van der Waals surface area contributed by atoms with Crippen LogP contribution in [0.25, 0.3) is 22.3 Å². The van der Waals surface area contributed by atoms with Crippen molar-refractivity contribution in [2.45, 2.75) is 26.3 Å². The van der Waals surface area contributed by atoms with Crippen molar-refractivity contribution in [3.63, 3.8) is 0 Å². The van der Waals surface area contributed by atoms with Gasteiger partial charge >= 0.3 is 5.69 Å². The molecule has 0 atom stereocenters. The first-order chi connectivity index (χ1) is 15.8. The molecular weight excluding hydrogens is 418 g/mol. The minimum absolute atomic E-state index is 0.0789. The molecule has 2 aromatic carbocycles. The lowest BCUT2D eigenvalue weighted by Gasteiger charge is -2.12. The number of anilines is 1. The molecule has 2 aromatic heterocycles. The second-order valence-electron chi connectivity index (χ2n) is 8.52. The number of nitrogens with one attached hydrogen (secondary N) is 1. The van der Waals surface area contributed by atoms with Gasteiger partial charge in [0.05, 0.1) is 13.2 Å². The van der Waals surface area contributed by atoms with Gasteiger partial charge in [0, 0.05) is 20.6 Å². The Kier molecular flexibility index (Phi) is 6.20. The Morgan fingerprint density at radius 2 is 1.55 bits per heavy atom. The molecule has 2 heterocycles. The number of benzene rings is 2. The highest BCUT2D eigenvalue weighted by Crippen LogP contribution is 2.24. The van der Waals surface area contributed by atoms with E-state index in [2.05, 4.69) is 60.5 Å². The van der Waals surface area contributed by atoms with E-state index in [1.165, 1.54) is 17.2 Å². The summed E-state index contributed by atoms with van der Waals surface area (Å²) in [5.74, 6) is 0.929. The Morgan fingerprint density at radius 3 is 2.12 bits per heavy atom. The predicted molar refractivity (Wildman–Crippen MR) is 131 cm³/mol. The summed E-state index contributed by atoms with van der Waals surface area (Å²) < 4.78 is 4.21. The molecule has 2 N–H and O–H groups in total. The molecule has 0 saturated heterocycles. The maximum absolute atomic E-state index is 12.9. The lowest BCUT2D eigenvalue weighted by atomic mass is 9.98. The maximum Gasteiger partial charge on any atom is 0.332 e. The number of fused-ring (bicyclic) bond motifs is 1. The van der Waals surface area contributed by atoms with E-state index in [9.17, 15) is 14.7 Å². The second kappa shape index (κ2) is 9.07. The summed E-state index contributed by atoms with van der Waals surface area (Å²) in [5, 5.41) is 12.3. The maximum atomic E-state index is 12.9. The van der Waals surface area contributed by atoms with Crippen LogP contribution in [0.4, 0.5) is 5.95 Å². The van der Waals surface area contributed by atoms with Crippen LogP contribution in [0.3, 0.4) is 0 Å². The fourth-order valence-corrected chi connectivity index (χ4v) is 3.95. The van der Waals surface area contributed by atoms with Crippen LogP contribution in [-0.4, -0.2) is 36.9 Å². The highest BCUT2D eigenvalue weighted by molar-refractivity contribution is 5.74. The van der Waals surface area contributed by atoms with Crippen LogP contribution < -0.4 is 16.6 Å². The van der Waals surface area contributed by atoms with Crippen molar-refractivity contribution in [3.8, 4) is 11.1 Å². The summed E-state index contributed by atoms with van der Waals surface area (Å²) in [6.45, 7) is 4.95. The van der Waals surface area contributed by atoms with Crippen molar-refractivity contribution in [2.24, 2.45) is 14.1 Å². The number of aliphatic hydroxyl groups is 1. The van der Waals surface area contributed by atoms with Crippen LogP contribution in [-0.2, 0) is 20.6 Å². The number of nitrogens with zero attached hydrogens (tertiary/aromatic N) is 4. The number of rotatable bonds is 7. The van der Waals surface area contributed by atoms with E-state index in [4.69, 9.17) is 0 Å². The largest absolute Gasteiger partial charge is 0.395 e. The minimum atomic E-state index is -0.432. The third-order valence-corrected chi connectivity index (χ3v) is 5.95. The third kappa shape index (κ3) is 4.21. The van der Waals surface area contributed by atoms with Crippen molar-refractivity contribution in [1.82, 2.24) is 18.7 Å². The van der Waals surface area contributed by atoms with Gasteiger partial charge in [-0.2, -0.15) is 4.98 Å². The zero-order valence-corrected chi connectivity index (χ0v) is 19.4. The third-order valence-electron chi connectivity index (χ3n) is 5.95. The number of hydrogen-bond donors (Lipinski definition) is 2. The smallest absolute Gasteiger partial charge is 0.332 e. The molecule has 8 nitrogen and oxygen atoms in total. The molecule has 8 heteroatoms. The summed E-state index contributed by atoms with van der Waals surface area (Å²) in [6, 6.07) is 16.8. The summed E-state index contributed by atoms with van der Waals surface area (Å²) in [5.41, 5.74) is 4.37. The summed E-state index contributed by atoms with van der Waals surface area (Å²) in [4.78, 5) is 29.8. The average Bonchev–Trinajstić information content (AvgIpc) is 3.18. The molecule has 4 aromatic rings. The first kappa shape index (κ1) is 22.5. The summed E-state index contributed by atoms with van der Waals surface area (Å²) in [6.07, 6.45) is 0. The molecule has 0 aliphatic heterocycles. The lowest BCUT2D eigenvalue weighted by Crippen LogP contribution is -2.37. The summed E-state index contributed by atoms with van der Waals surface area (Å²) in [7, 11) is 3.05. The fourth-order valence-electron chi connectivity index (χ4n) is 3.95. The Balaban J connectivity index is 1.72. The van der Waals surface area contributed by atoms with Gasteiger partial charge in [-0.15, -0.1) is 0 Å². The van der Waals surface area contributed by atoms with Gasteiger partial charge in [-0.1, -0.05) is 62.4 Å². The minimum Gasteiger partial charge on any atom is -0.395 e. The quantitative estimate of drug-likeness (QED) is 0.454. The van der Waals surface area contributed by atoms with Crippen molar-refractivity contribution >= 4 is 17.1 Å². The monoisotopic (exact) mass is 447 g/mol. The molecule has 172 valence electrons. The van der Waals surface area contributed by atoms with Crippen molar-refractivity contribution in [3.05, 3.63) is 80.5 Å². The van der Waals surface area contributed by atoms with Gasteiger partial charge in [0.1, 0.15) is 0 Å². The van der Waals surface area contributed by atoms with E-state index in [-0.39, 0.29) is 13.2 Å². The number of aliphatic hydroxyl groups excluding tert-OH is 1. The van der Waals surface area contributed by atoms with Gasteiger partial charge in [0.15, 0.2) is 11.2 Å². The molecule has 0 amide bonds. The van der Waals surface area contributed by atoms with Gasteiger partial charge in [-0.05, 0) is 28.2 Å². The van der Waals surface area contributed by atoms with Crippen LogP contribution in [0.15, 0.2) is 58.1 Å². The molecule has 4 rings (SSSR count). The summed E-state index contributed by atoms with van der Waals surface area (Å²) >= 11 is 0. The number of imidazole rings is 1. The SMILES string of the molecule is CC(C)c1ccc(-c2ccc(Cn3c(NCCO)nc4c3c(=O)n(C)c(=O)n4C)cc2)cc1. The Hall–Kier alpha value is -3.65. The number of hydrogen-bond acceptors (Lipinski definition) is 5. The Morgan fingerprint density at radius 1 is 0.939 bits per heavy atom. The normalized spacial score (nSPS) is 11.5. The van der Waals surface area contributed by atoms with Gasteiger partial charge in [-0.3, -0.25) is 18.5 Å². The van der Waals surface area contributed by atoms with Crippen LogP contribution in [0.1, 0.15) is 30.9 Å². The molecule has 0 aliphatic rings. The van der Waals surface area contributed by atoms with Gasteiger partial charge < -0.3 is 10.4 Å². The van der Waals surface area contributed by atoms with Crippen LogP contribution in [0.5, 0.6) is 0 Å². The Bertz CT molecular complexity index is 1390. The lowest BCUT2D eigenvalue weighted by molar-refractivity contribution is 0.310. The van der Waals surface area contributed by atoms with E-state index in [1.54, 1.807) is 11.6 Å². The van der Waals surface area contributed by atoms with Gasteiger partial charge in [0.25, 0.3) is 5.56 Å². The zero-order valence-electron chi connectivity index (χ0n) is 19.4. The zero-order chi connectivity index (χ0) is 23.7. The van der Waals surface area contributed by atoms with Crippen molar-refractivity contribution in [1.29, 1.82) is 0 Å². The molecule has 0 aliphatic carbocycles. The molecule has 0 bridgehead atoms. The molecular formula is C25H29N5O3. The molecule has 0 saturated carbocycles. The highest BCUT2D eigenvalue weighted by Gasteiger charge is 2.19. The molecule has 33 heavy (non-hydrogen) atoms. The standard InChI is InChI=1S/C25H29N5O3/c1-16(2)18-9-11-20(12-10-18)19-7-5-17(6-8-19)15-30-21-22(27-24(30)26-13-14-31)28(3)25(33)29(4)23(21)32/h5-12,16,31H,13-15H2,1-4H3,(H,26,27). The van der Waals surface area contributed by atoms with Crippen molar-refractivity contribution in [2.75, 3.05) is 18.5 Å². The molecule has 0 radical (unpaired) electrons. The fraction of sp³-hybridized carbons (Fsp3) is 0.320. The van der Waals surface area contributed by atoms with E-state index < -0.39 is 11.2 Å². The first-order valence-electron chi connectivity index (χ1n) is 11.0. The van der Waals surface area contributed by atoms with E-state index in [0.29, 0.717) is 29.6 Å². The van der Waals surface area contributed by atoms with Gasteiger partial charge in [0.2, 0.25) is 5.95 Å². The van der Waals surface area contributed by atoms with Crippen molar-refractivity contribution < 1.29 is 5.11 Å². The Labute approximate surface area is 191 Å². The second-order valence-corrected chi connectivity index (χ2v) is 8.52. The van der Waals surface area contributed by atoms with E-state index >= 15 is 0 Å². The topological polar surface area (TPSA) is 94.1 Å².